The Hall–Kier alpha value is -1.13. The van der Waals surface area contributed by atoms with Crippen LogP contribution in [0.15, 0.2) is 12.1 Å². The molecule has 0 fully saturated rings. The zero-order valence-electron chi connectivity index (χ0n) is 11.9. The minimum absolute atomic E-state index is 0.0223. The molecule has 0 unspecified atom stereocenters. The monoisotopic (exact) mass is 284 g/mol. The molecular formula is C14H21ClN2O2. The summed E-state index contributed by atoms with van der Waals surface area (Å²) in [5.74, 6) is 0.0749. The number of hydrogen-bond acceptors (Lipinski definition) is 3. The summed E-state index contributed by atoms with van der Waals surface area (Å²) in [6, 6.07) is 3.36. The molecule has 0 bridgehead atoms. The van der Waals surface area contributed by atoms with Crippen molar-refractivity contribution in [1.29, 1.82) is 0 Å². The number of aliphatic hydroxyl groups excluding tert-OH is 1. The standard InChI is InChI=1S/C14H21ClN2O2/c1-9(2)12-7-11(8-13(15)16-12)14(19)17(5-6-18)10(3)4/h7-10,18H,5-6H2,1-4H3. The molecule has 0 atom stereocenters. The number of pyridine rings is 1. The molecule has 0 aromatic carbocycles. The van der Waals surface area contributed by atoms with Crippen LogP contribution in [0.4, 0.5) is 0 Å². The van der Waals surface area contributed by atoms with Crippen molar-refractivity contribution < 1.29 is 9.90 Å². The van der Waals surface area contributed by atoms with Crippen LogP contribution in [0.3, 0.4) is 0 Å². The molecule has 0 aliphatic rings. The van der Waals surface area contributed by atoms with E-state index >= 15 is 0 Å². The van der Waals surface area contributed by atoms with Crippen LogP contribution in [-0.2, 0) is 0 Å². The third kappa shape index (κ3) is 4.18. The lowest BCUT2D eigenvalue weighted by molar-refractivity contribution is 0.0665. The summed E-state index contributed by atoms with van der Waals surface area (Å²) in [5.41, 5.74) is 1.31. The molecule has 4 nitrogen and oxygen atoms in total. The maximum absolute atomic E-state index is 12.4. The second-order valence-electron chi connectivity index (χ2n) is 5.07. The van der Waals surface area contributed by atoms with Crippen LogP contribution >= 0.6 is 11.6 Å². The number of rotatable bonds is 5. The summed E-state index contributed by atoms with van der Waals surface area (Å²) in [7, 11) is 0. The Bertz CT molecular complexity index is 447. The van der Waals surface area contributed by atoms with Crippen LogP contribution in [-0.4, -0.2) is 40.1 Å². The van der Waals surface area contributed by atoms with Gasteiger partial charge in [0.25, 0.3) is 5.91 Å². The highest BCUT2D eigenvalue weighted by atomic mass is 35.5. The van der Waals surface area contributed by atoms with Gasteiger partial charge in [-0.2, -0.15) is 0 Å². The number of carbonyl (C=O) groups excluding carboxylic acids is 1. The topological polar surface area (TPSA) is 53.4 Å². The second-order valence-corrected chi connectivity index (χ2v) is 5.46. The molecule has 106 valence electrons. The lowest BCUT2D eigenvalue weighted by Gasteiger charge is -2.26. The Morgan fingerprint density at radius 3 is 2.47 bits per heavy atom. The van der Waals surface area contributed by atoms with Gasteiger partial charge in [-0.05, 0) is 31.9 Å². The number of halogens is 1. The summed E-state index contributed by atoms with van der Waals surface area (Å²) in [6.45, 7) is 8.09. The van der Waals surface area contributed by atoms with Crippen LogP contribution in [0.1, 0.15) is 49.7 Å². The number of nitrogens with zero attached hydrogens (tertiary/aromatic N) is 2. The first-order valence-corrected chi connectivity index (χ1v) is 6.84. The largest absolute Gasteiger partial charge is 0.395 e. The lowest BCUT2D eigenvalue weighted by Crippen LogP contribution is -2.39. The smallest absolute Gasteiger partial charge is 0.254 e. The maximum atomic E-state index is 12.4. The van der Waals surface area contributed by atoms with Crippen molar-refractivity contribution in [2.24, 2.45) is 0 Å². The fourth-order valence-corrected chi connectivity index (χ4v) is 2.02. The van der Waals surface area contributed by atoms with E-state index < -0.39 is 0 Å². The molecule has 0 spiro atoms. The molecular weight excluding hydrogens is 264 g/mol. The Kier molecular flexibility index (Phi) is 5.76. The van der Waals surface area contributed by atoms with E-state index in [1.54, 1.807) is 17.0 Å². The maximum Gasteiger partial charge on any atom is 0.254 e. The molecule has 0 radical (unpaired) electrons. The van der Waals surface area contributed by atoms with Gasteiger partial charge < -0.3 is 10.0 Å². The van der Waals surface area contributed by atoms with Crippen molar-refractivity contribution in [3.63, 3.8) is 0 Å². The van der Waals surface area contributed by atoms with Gasteiger partial charge in [-0.3, -0.25) is 4.79 Å². The van der Waals surface area contributed by atoms with Crippen LogP contribution < -0.4 is 0 Å². The molecule has 0 aliphatic heterocycles. The molecule has 1 N–H and O–H groups in total. The van der Waals surface area contributed by atoms with E-state index in [1.807, 2.05) is 27.7 Å². The Balaban J connectivity index is 3.10. The quantitative estimate of drug-likeness (QED) is 0.846. The zero-order valence-corrected chi connectivity index (χ0v) is 12.6. The van der Waals surface area contributed by atoms with Crippen molar-refractivity contribution in [3.8, 4) is 0 Å². The van der Waals surface area contributed by atoms with Gasteiger partial charge in [0, 0.05) is 23.8 Å². The van der Waals surface area contributed by atoms with Gasteiger partial charge in [0.1, 0.15) is 5.15 Å². The van der Waals surface area contributed by atoms with Crippen molar-refractivity contribution in [2.45, 2.75) is 39.7 Å². The highest BCUT2D eigenvalue weighted by Crippen LogP contribution is 2.19. The van der Waals surface area contributed by atoms with Crippen LogP contribution in [0.2, 0.25) is 5.15 Å². The van der Waals surface area contributed by atoms with Crippen molar-refractivity contribution in [1.82, 2.24) is 9.88 Å². The SMILES string of the molecule is CC(C)c1cc(C(=O)N(CCO)C(C)C)cc(Cl)n1. The predicted molar refractivity (Wildman–Crippen MR) is 76.6 cm³/mol. The minimum Gasteiger partial charge on any atom is -0.395 e. The molecule has 1 aromatic heterocycles. The van der Waals surface area contributed by atoms with Gasteiger partial charge in [0.05, 0.1) is 6.61 Å². The summed E-state index contributed by atoms with van der Waals surface area (Å²) in [6.07, 6.45) is 0. The van der Waals surface area contributed by atoms with Crippen LogP contribution in [0.25, 0.3) is 0 Å². The normalized spacial score (nSPS) is 11.2. The Morgan fingerprint density at radius 1 is 1.37 bits per heavy atom. The van der Waals surface area contributed by atoms with Gasteiger partial charge in [-0.25, -0.2) is 4.98 Å². The van der Waals surface area contributed by atoms with E-state index in [-0.39, 0.29) is 24.5 Å². The van der Waals surface area contributed by atoms with E-state index in [0.29, 0.717) is 17.3 Å². The van der Waals surface area contributed by atoms with Crippen molar-refractivity contribution >= 4 is 17.5 Å². The molecule has 1 rings (SSSR count). The minimum atomic E-state index is -0.129. The second kappa shape index (κ2) is 6.87. The van der Waals surface area contributed by atoms with Crippen LogP contribution in [0.5, 0.6) is 0 Å². The first-order chi connectivity index (χ1) is 8.86. The Morgan fingerprint density at radius 2 is 2.00 bits per heavy atom. The molecule has 0 saturated heterocycles. The first-order valence-electron chi connectivity index (χ1n) is 6.46. The number of aromatic nitrogens is 1. The summed E-state index contributed by atoms with van der Waals surface area (Å²) in [4.78, 5) is 18.3. The average molecular weight is 285 g/mol. The average Bonchev–Trinajstić information content (AvgIpc) is 2.33. The number of aliphatic hydroxyl groups is 1. The molecule has 1 amide bonds. The molecule has 1 aromatic rings. The summed E-state index contributed by atoms with van der Waals surface area (Å²) in [5, 5.41) is 9.37. The predicted octanol–water partition coefficient (Wildman–Crippen LogP) is 2.70. The third-order valence-corrected chi connectivity index (χ3v) is 3.07. The number of carbonyl (C=O) groups is 1. The van der Waals surface area contributed by atoms with Crippen molar-refractivity contribution in [2.75, 3.05) is 13.2 Å². The van der Waals surface area contributed by atoms with E-state index in [9.17, 15) is 4.79 Å². The van der Waals surface area contributed by atoms with Gasteiger partial charge in [-0.15, -0.1) is 0 Å². The molecule has 1 heterocycles. The highest BCUT2D eigenvalue weighted by Gasteiger charge is 2.20. The van der Waals surface area contributed by atoms with Gasteiger partial charge in [-0.1, -0.05) is 25.4 Å². The molecule has 0 saturated carbocycles. The van der Waals surface area contributed by atoms with E-state index in [2.05, 4.69) is 4.98 Å². The van der Waals surface area contributed by atoms with Gasteiger partial charge in [0.2, 0.25) is 0 Å². The third-order valence-electron chi connectivity index (χ3n) is 2.88. The number of amides is 1. The molecule has 19 heavy (non-hydrogen) atoms. The first kappa shape index (κ1) is 15.9. The van der Waals surface area contributed by atoms with Gasteiger partial charge in [0.15, 0.2) is 0 Å². The summed E-state index contributed by atoms with van der Waals surface area (Å²) >= 11 is 5.97. The molecule has 0 aliphatic carbocycles. The number of hydrogen-bond donors (Lipinski definition) is 1. The van der Waals surface area contributed by atoms with E-state index in [4.69, 9.17) is 16.7 Å². The Labute approximate surface area is 119 Å². The zero-order chi connectivity index (χ0) is 14.6. The summed E-state index contributed by atoms with van der Waals surface area (Å²) < 4.78 is 0. The lowest BCUT2D eigenvalue weighted by atomic mass is 10.1. The fraction of sp³-hybridized carbons (Fsp3) is 0.571. The molecule has 5 heteroatoms. The van der Waals surface area contributed by atoms with Crippen molar-refractivity contribution in [3.05, 3.63) is 28.5 Å². The fourth-order valence-electron chi connectivity index (χ4n) is 1.80. The van der Waals surface area contributed by atoms with E-state index in [1.165, 1.54) is 0 Å². The van der Waals surface area contributed by atoms with Gasteiger partial charge >= 0.3 is 0 Å². The van der Waals surface area contributed by atoms with Crippen LogP contribution in [0, 0.1) is 0 Å². The van der Waals surface area contributed by atoms with E-state index in [0.717, 1.165) is 5.69 Å². The highest BCUT2D eigenvalue weighted by molar-refractivity contribution is 6.29.